The molecule has 4 aliphatic carbocycles. The van der Waals surface area contributed by atoms with E-state index in [-0.39, 0.29) is 5.41 Å². The smallest absolute Gasteiger partial charge is 0.165 e. The van der Waals surface area contributed by atoms with Crippen LogP contribution in [0.25, 0.3) is 6.08 Å². The molecule has 6 atom stereocenters. The maximum absolute atomic E-state index is 13.5. The summed E-state index contributed by atoms with van der Waals surface area (Å²) in [5.74, 6) is 3.54. The lowest BCUT2D eigenvalue weighted by Crippen LogP contribution is -2.52. The van der Waals surface area contributed by atoms with E-state index in [9.17, 15) is 4.79 Å². The van der Waals surface area contributed by atoms with Crippen LogP contribution in [-0.4, -0.2) is 15.6 Å². The highest BCUT2D eigenvalue weighted by Gasteiger charge is 2.60. The maximum Gasteiger partial charge on any atom is 0.165 e. The number of fused-ring (bicyclic) bond motifs is 5. The predicted octanol–water partition coefficient (Wildman–Crippen LogP) is 5.72. The Labute approximate surface area is 170 Å². The highest BCUT2D eigenvalue weighted by atomic mass is 16.1. The van der Waals surface area contributed by atoms with Crippen molar-refractivity contribution in [1.29, 1.82) is 0 Å². The van der Waals surface area contributed by atoms with Gasteiger partial charge in [-0.3, -0.25) is 9.48 Å². The summed E-state index contributed by atoms with van der Waals surface area (Å²) >= 11 is 0. The first-order valence-corrected chi connectivity index (χ1v) is 11.6. The SMILES string of the molecule is Cc1nn(C)cc1/C=C1/C[C@H]2[C@@H]3CC[C@@H]4CCCC[C@]4(C)[C@H]3CC[C@]2(C)C1=O. The molecule has 3 heteroatoms. The molecule has 0 unspecified atom stereocenters. The molecule has 0 spiro atoms. The van der Waals surface area contributed by atoms with Gasteiger partial charge in [-0.25, -0.2) is 0 Å². The van der Waals surface area contributed by atoms with Gasteiger partial charge in [0.2, 0.25) is 0 Å². The summed E-state index contributed by atoms with van der Waals surface area (Å²) in [5, 5.41) is 4.47. The zero-order chi connectivity index (χ0) is 19.7. The quantitative estimate of drug-likeness (QED) is 0.584. The maximum atomic E-state index is 13.5. The zero-order valence-corrected chi connectivity index (χ0v) is 18.1. The highest BCUT2D eigenvalue weighted by molar-refractivity contribution is 6.06. The van der Waals surface area contributed by atoms with Gasteiger partial charge in [-0.1, -0.05) is 26.7 Å². The number of nitrogens with zero attached hydrogens (tertiary/aromatic N) is 2. The van der Waals surface area contributed by atoms with Crippen molar-refractivity contribution in [3.8, 4) is 0 Å². The number of carbonyl (C=O) groups excluding carboxylic acids is 1. The first-order chi connectivity index (χ1) is 13.3. The number of allylic oxidation sites excluding steroid dienone is 1. The van der Waals surface area contributed by atoms with E-state index in [1.165, 1.54) is 44.9 Å². The molecule has 0 amide bonds. The van der Waals surface area contributed by atoms with E-state index in [1.54, 1.807) is 0 Å². The molecule has 4 fully saturated rings. The van der Waals surface area contributed by atoms with E-state index in [4.69, 9.17) is 0 Å². The third kappa shape index (κ3) is 2.53. The van der Waals surface area contributed by atoms with E-state index in [2.05, 4.69) is 31.2 Å². The molecule has 1 aromatic heterocycles. The summed E-state index contributed by atoms with van der Waals surface area (Å²) in [7, 11) is 1.96. The molecule has 0 aliphatic heterocycles. The van der Waals surface area contributed by atoms with Crippen LogP contribution in [0.3, 0.4) is 0 Å². The lowest BCUT2D eigenvalue weighted by atomic mass is 9.45. The van der Waals surface area contributed by atoms with Crippen molar-refractivity contribution in [3.63, 3.8) is 0 Å². The van der Waals surface area contributed by atoms with Crippen molar-refractivity contribution >= 4 is 11.9 Å². The summed E-state index contributed by atoms with van der Waals surface area (Å²) in [6.07, 6.45) is 16.1. The van der Waals surface area contributed by atoms with Gasteiger partial charge in [0.1, 0.15) is 0 Å². The van der Waals surface area contributed by atoms with Crippen LogP contribution in [-0.2, 0) is 11.8 Å². The number of Topliss-reactive ketones (excluding diaryl/α,β-unsaturated/α-hetero) is 1. The number of rotatable bonds is 1. The number of ketones is 1. The van der Waals surface area contributed by atoms with Crippen molar-refractivity contribution in [1.82, 2.24) is 9.78 Å². The van der Waals surface area contributed by atoms with Crippen molar-refractivity contribution in [2.75, 3.05) is 0 Å². The fraction of sp³-hybridized carbons (Fsp3) is 0.760. The van der Waals surface area contributed by atoms with E-state index >= 15 is 0 Å². The Morgan fingerprint density at radius 3 is 2.68 bits per heavy atom. The van der Waals surface area contributed by atoms with Gasteiger partial charge in [-0.05, 0) is 92.6 Å². The zero-order valence-electron chi connectivity index (χ0n) is 18.1. The molecular weight excluding hydrogens is 344 g/mol. The molecule has 5 rings (SSSR count). The average Bonchev–Trinajstić information content (AvgIpc) is 3.11. The van der Waals surface area contributed by atoms with Crippen LogP contribution in [0.2, 0.25) is 0 Å². The van der Waals surface area contributed by atoms with Crippen molar-refractivity contribution in [2.24, 2.45) is 41.5 Å². The number of hydrogen-bond acceptors (Lipinski definition) is 2. The van der Waals surface area contributed by atoms with Crippen LogP contribution in [0.4, 0.5) is 0 Å². The van der Waals surface area contributed by atoms with E-state index in [1.807, 2.05) is 18.7 Å². The summed E-state index contributed by atoms with van der Waals surface area (Å²) in [6.45, 7) is 6.95. The minimum atomic E-state index is -0.124. The van der Waals surface area contributed by atoms with Crippen LogP contribution >= 0.6 is 0 Å². The highest BCUT2D eigenvalue weighted by Crippen LogP contribution is 2.66. The van der Waals surface area contributed by atoms with Gasteiger partial charge in [-0.15, -0.1) is 0 Å². The third-order valence-corrected chi connectivity index (χ3v) is 9.60. The number of carbonyl (C=O) groups is 1. The lowest BCUT2D eigenvalue weighted by molar-refractivity contribution is -0.137. The molecule has 152 valence electrons. The Balaban J connectivity index is 1.47. The van der Waals surface area contributed by atoms with Gasteiger partial charge in [0.05, 0.1) is 5.69 Å². The second kappa shape index (κ2) is 6.31. The van der Waals surface area contributed by atoms with E-state index in [0.717, 1.165) is 47.4 Å². The van der Waals surface area contributed by atoms with Crippen molar-refractivity contribution in [2.45, 2.75) is 78.6 Å². The molecule has 4 saturated carbocycles. The van der Waals surface area contributed by atoms with Crippen LogP contribution in [0.5, 0.6) is 0 Å². The first-order valence-electron chi connectivity index (χ1n) is 11.6. The van der Waals surface area contributed by atoms with Crippen LogP contribution < -0.4 is 0 Å². The largest absolute Gasteiger partial charge is 0.294 e. The summed E-state index contributed by atoms with van der Waals surface area (Å²) in [6, 6.07) is 0. The molecule has 0 aromatic carbocycles. The summed E-state index contributed by atoms with van der Waals surface area (Å²) < 4.78 is 1.86. The molecule has 0 saturated heterocycles. The fourth-order valence-corrected chi connectivity index (χ4v) is 8.04. The van der Waals surface area contributed by atoms with E-state index in [0.29, 0.717) is 17.1 Å². The Hall–Kier alpha value is -1.38. The molecule has 0 bridgehead atoms. The Bertz CT molecular complexity index is 836. The number of aryl methyl sites for hydroxylation is 2. The van der Waals surface area contributed by atoms with Crippen molar-refractivity contribution < 1.29 is 4.79 Å². The molecular formula is C25H36N2O. The van der Waals surface area contributed by atoms with Crippen LogP contribution in [0.1, 0.15) is 82.9 Å². The van der Waals surface area contributed by atoms with Gasteiger partial charge < -0.3 is 0 Å². The molecule has 28 heavy (non-hydrogen) atoms. The molecule has 4 aliphatic rings. The number of aromatic nitrogens is 2. The van der Waals surface area contributed by atoms with Gasteiger partial charge in [0.25, 0.3) is 0 Å². The van der Waals surface area contributed by atoms with Gasteiger partial charge in [0, 0.05) is 24.2 Å². The lowest BCUT2D eigenvalue weighted by Gasteiger charge is -2.59. The monoisotopic (exact) mass is 380 g/mol. The van der Waals surface area contributed by atoms with Crippen LogP contribution in [0, 0.1) is 41.4 Å². The molecule has 1 aromatic rings. The van der Waals surface area contributed by atoms with Gasteiger partial charge >= 0.3 is 0 Å². The first kappa shape index (κ1) is 18.6. The Morgan fingerprint density at radius 1 is 1.11 bits per heavy atom. The topological polar surface area (TPSA) is 34.9 Å². The molecule has 0 N–H and O–H groups in total. The third-order valence-electron chi connectivity index (χ3n) is 9.60. The molecule has 1 heterocycles. The van der Waals surface area contributed by atoms with E-state index < -0.39 is 0 Å². The standard InChI is InChI=1S/C25H36N2O/c1-16-18(15-27(4)26-16)13-17-14-22-20-9-8-19-7-5-6-11-24(19,2)21(20)10-12-25(22,3)23(17)28/h13,15,19-22H,5-12,14H2,1-4H3/b17-13-/t19-,20+,21-,22-,24-,25-/m0/s1. The summed E-state index contributed by atoms with van der Waals surface area (Å²) in [4.78, 5) is 13.5. The fourth-order valence-electron chi connectivity index (χ4n) is 8.04. The predicted molar refractivity (Wildman–Crippen MR) is 113 cm³/mol. The van der Waals surface area contributed by atoms with Gasteiger partial charge in [-0.2, -0.15) is 5.10 Å². The van der Waals surface area contributed by atoms with Crippen molar-refractivity contribution in [3.05, 3.63) is 23.0 Å². The minimum Gasteiger partial charge on any atom is -0.294 e. The Kier molecular flexibility index (Phi) is 4.20. The summed E-state index contributed by atoms with van der Waals surface area (Å²) in [5.41, 5.74) is 3.63. The second-order valence-electron chi connectivity index (χ2n) is 10.9. The molecule has 0 radical (unpaired) electrons. The molecule has 3 nitrogen and oxygen atoms in total. The number of hydrogen-bond donors (Lipinski definition) is 0. The minimum absolute atomic E-state index is 0.124. The van der Waals surface area contributed by atoms with Gasteiger partial charge in [0.15, 0.2) is 5.78 Å². The normalized spacial score (nSPS) is 44.3. The average molecular weight is 381 g/mol. The Morgan fingerprint density at radius 2 is 1.93 bits per heavy atom. The van der Waals surface area contributed by atoms with Crippen LogP contribution in [0.15, 0.2) is 11.8 Å². The second-order valence-corrected chi connectivity index (χ2v) is 10.9.